The molecule has 0 spiro atoms. The molecule has 4 atom stereocenters. The van der Waals surface area contributed by atoms with Crippen molar-refractivity contribution >= 4 is 11.7 Å². The van der Waals surface area contributed by atoms with Gasteiger partial charge in [0, 0.05) is 24.7 Å². The molecule has 1 saturated carbocycles. The summed E-state index contributed by atoms with van der Waals surface area (Å²) in [5, 5.41) is 33.1. The second kappa shape index (κ2) is 13.1. The number of methoxy groups -OCH3 is 1. The summed E-state index contributed by atoms with van der Waals surface area (Å²) in [7, 11) is 1.34. The Morgan fingerprint density at radius 1 is 1.32 bits per heavy atom. The molecule has 1 aromatic carbocycles. The van der Waals surface area contributed by atoms with Crippen molar-refractivity contribution in [2.75, 3.05) is 13.7 Å². The standard InChI is InChI=1S/C24H30F3NO6/c1-33-23(31)10-5-3-2-4-9-20-19(21(28-32)14-22(20)30)12-11-17(29)15-34-18-8-6-7-16(13-18)24(25,26)27/h2,4,6-8,11-13,17,19-20,22,29-30,32H,3,5,9-10,14-15H2,1H3/b4-2+,12-11+,28-21-. The van der Waals surface area contributed by atoms with Crippen LogP contribution < -0.4 is 4.74 Å². The van der Waals surface area contributed by atoms with Gasteiger partial charge in [-0.3, -0.25) is 4.79 Å². The summed E-state index contributed by atoms with van der Waals surface area (Å²) in [6, 6.07) is 4.37. The van der Waals surface area contributed by atoms with E-state index < -0.39 is 29.9 Å². The van der Waals surface area contributed by atoms with E-state index in [2.05, 4.69) is 9.89 Å². The van der Waals surface area contributed by atoms with E-state index in [-0.39, 0.29) is 30.7 Å². The van der Waals surface area contributed by atoms with Crippen molar-refractivity contribution in [1.82, 2.24) is 0 Å². The number of alkyl halides is 3. The van der Waals surface area contributed by atoms with E-state index in [1.807, 2.05) is 12.2 Å². The van der Waals surface area contributed by atoms with Gasteiger partial charge >= 0.3 is 12.1 Å². The molecule has 0 aromatic heterocycles. The van der Waals surface area contributed by atoms with E-state index in [1.54, 1.807) is 6.08 Å². The Morgan fingerprint density at radius 3 is 2.76 bits per heavy atom. The van der Waals surface area contributed by atoms with Gasteiger partial charge in [-0.15, -0.1) is 0 Å². The van der Waals surface area contributed by atoms with E-state index in [0.717, 1.165) is 12.1 Å². The van der Waals surface area contributed by atoms with Gasteiger partial charge in [0.15, 0.2) is 0 Å². The molecular weight excluding hydrogens is 455 g/mol. The number of carbonyl (C=O) groups excluding carboxylic acids is 1. The quantitative estimate of drug-likeness (QED) is 0.143. The van der Waals surface area contributed by atoms with Gasteiger partial charge in [0.05, 0.1) is 24.5 Å². The summed E-state index contributed by atoms with van der Waals surface area (Å²) in [6.45, 7) is -0.274. The zero-order valence-corrected chi connectivity index (χ0v) is 18.8. The lowest BCUT2D eigenvalue weighted by Crippen LogP contribution is -2.20. The van der Waals surface area contributed by atoms with E-state index in [1.165, 1.54) is 25.3 Å². The number of halogens is 3. The first-order chi connectivity index (χ1) is 16.2. The Morgan fingerprint density at radius 2 is 2.09 bits per heavy atom. The van der Waals surface area contributed by atoms with Crippen molar-refractivity contribution in [2.45, 2.75) is 50.5 Å². The van der Waals surface area contributed by atoms with E-state index in [0.29, 0.717) is 31.4 Å². The van der Waals surface area contributed by atoms with Gasteiger partial charge in [-0.25, -0.2) is 0 Å². The van der Waals surface area contributed by atoms with Crippen LogP contribution in [-0.2, 0) is 15.7 Å². The maximum Gasteiger partial charge on any atom is 0.416 e. The van der Waals surface area contributed by atoms with Crippen LogP contribution in [0.4, 0.5) is 13.2 Å². The number of benzene rings is 1. The number of aliphatic hydroxyl groups is 2. The second-order valence-electron chi connectivity index (χ2n) is 8.02. The molecule has 10 heteroatoms. The van der Waals surface area contributed by atoms with Gasteiger partial charge in [-0.2, -0.15) is 13.2 Å². The van der Waals surface area contributed by atoms with Crippen LogP contribution >= 0.6 is 0 Å². The molecule has 0 heterocycles. The van der Waals surface area contributed by atoms with Gasteiger partial charge in [0.2, 0.25) is 0 Å². The van der Waals surface area contributed by atoms with Crippen molar-refractivity contribution in [1.29, 1.82) is 0 Å². The summed E-state index contributed by atoms with van der Waals surface area (Å²) in [4.78, 5) is 11.1. The average molecular weight is 485 g/mol. The summed E-state index contributed by atoms with van der Waals surface area (Å²) in [6.07, 6.45) is 2.77. The molecule has 7 nitrogen and oxygen atoms in total. The molecule has 0 radical (unpaired) electrons. The van der Waals surface area contributed by atoms with Gasteiger partial charge in [0.25, 0.3) is 0 Å². The maximum absolute atomic E-state index is 12.8. The van der Waals surface area contributed by atoms with Gasteiger partial charge in [-0.05, 0) is 37.5 Å². The number of unbranched alkanes of at least 4 members (excludes halogenated alkanes) is 1. The van der Waals surface area contributed by atoms with E-state index in [4.69, 9.17) is 4.74 Å². The predicted octanol–water partition coefficient (Wildman–Crippen LogP) is 4.12. The first-order valence-corrected chi connectivity index (χ1v) is 10.9. The van der Waals surface area contributed by atoms with Crippen molar-refractivity contribution in [3.8, 4) is 5.75 Å². The Kier molecular flexibility index (Phi) is 10.6. The molecule has 0 amide bonds. The van der Waals surface area contributed by atoms with Crippen molar-refractivity contribution in [2.24, 2.45) is 17.0 Å². The number of rotatable bonds is 11. The number of hydrogen-bond acceptors (Lipinski definition) is 7. The third kappa shape index (κ3) is 8.49. The summed E-state index contributed by atoms with van der Waals surface area (Å²) >= 11 is 0. The lowest BCUT2D eigenvalue weighted by molar-refractivity contribution is -0.140. The van der Waals surface area contributed by atoms with Crippen LogP contribution in [-0.4, -0.2) is 53.0 Å². The maximum atomic E-state index is 12.8. The molecule has 1 fully saturated rings. The van der Waals surface area contributed by atoms with Crippen LogP contribution in [0.1, 0.15) is 37.7 Å². The highest BCUT2D eigenvalue weighted by Gasteiger charge is 2.38. The molecule has 0 aliphatic heterocycles. The number of nitrogens with zero attached hydrogens (tertiary/aromatic N) is 1. The van der Waals surface area contributed by atoms with Gasteiger partial charge < -0.3 is 24.9 Å². The zero-order chi connectivity index (χ0) is 25.1. The van der Waals surface area contributed by atoms with Crippen LogP contribution in [0, 0.1) is 11.8 Å². The molecule has 34 heavy (non-hydrogen) atoms. The van der Waals surface area contributed by atoms with Gasteiger partial charge in [-0.1, -0.05) is 35.5 Å². The average Bonchev–Trinajstić information content (AvgIpc) is 3.12. The van der Waals surface area contributed by atoms with Crippen molar-refractivity contribution in [3.63, 3.8) is 0 Å². The van der Waals surface area contributed by atoms with E-state index >= 15 is 0 Å². The number of oxime groups is 1. The number of ether oxygens (including phenoxy) is 2. The monoisotopic (exact) mass is 485 g/mol. The highest BCUT2D eigenvalue weighted by atomic mass is 19.4. The first kappa shape index (κ1) is 27.4. The Labute approximate surface area is 196 Å². The molecule has 0 saturated heterocycles. The molecule has 1 aliphatic carbocycles. The highest BCUT2D eigenvalue weighted by molar-refractivity contribution is 5.90. The first-order valence-electron chi connectivity index (χ1n) is 10.9. The van der Waals surface area contributed by atoms with Crippen LogP contribution in [0.3, 0.4) is 0 Å². The molecule has 2 rings (SSSR count). The predicted molar refractivity (Wildman–Crippen MR) is 119 cm³/mol. The van der Waals surface area contributed by atoms with Gasteiger partial charge in [0.1, 0.15) is 18.5 Å². The fourth-order valence-corrected chi connectivity index (χ4v) is 3.74. The largest absolute Gasteiger partial charge is 0.491 e. The van der Waals surface area contributed by atoms with Crippen LogP contribution in [0.5, 0.6) is 5.75 Å². The topological polar surface area (TPSA) is 109 Å². The second-order valence-corrected chi connectivity index (χ2v) is 8.02. The molecule has 0 bridgehead atoms. The smallest absolute Gasteiger partial charge is 0.416 e. The fourth-order valence-electron chi connectivity index (χ4n) is 3.74. The molecule has 188 valence electrons. The number of carbonyl (C=O) groups is 1. The lowest BCUT2D eigenvalue weighted by atomic mass is 9.90. The molecular formula is C24H30F3NO6. The summed E-state index contributed by atoms with van der Waals surface area (Å²) in [5.74, 6) is -1.01. The Hall–Kier alpha value is -2.85. The minimum Gasteiger partial charge on any atom is -0.491 e. The van der Waals surface area contributed by atoms with Crippen molar-refractivity contribution in [3.05, 3.63) is 54.1 Å². The Bertz CT molecular complexity index is 884. The third-order valence-corrected chi connectivity index (χ3v) is 5.56. The molecule has 1 aliphatic rings. The molecule has 4 unspecified atom stereocenters. The number of esters is 1. The SMILES string of the molecule is COC(=O)CCC/C=C/CC1C(O)C/C(=N/O)C1/C=C/C(O)COc1cccc(C(F)(F)F)c1. The minimum absolute atomic E-state index is 0.0219. The number of aliphatic hydroxyl groups excluding tert-OH is 2. The van der Waals surface area contributed by atoms with Crippen LogP contribution in [0.15, 0.2) is 53.7 Å². The minimum atomic E-state index is -4.49. The normalized spacial score (nSPS) is 23.1. The summed E-state index contributed by atoms with van der Waals surface area (Å²) in [5.41, 5.74) is -0.473. The number of hydrogen-bond donors (Lipinski definition) is 3. The number of allylic oxidation sites excluding steroid dienone is 3. The van der Waals surface area contributed by atoms with Crippen molar-refractivity contribution < 1.29 is 42.9 Å². The Balaban J connectivity index is 1.92. The molecule has 3 N–H and O–H groups in total. The fraction of sp³-hybridized carbons (Fsp3) is 0.500. The lowest BCUT2D eigenvalue weighted by Gasteiger charge is -2.18. The highest BCUT2D eigenvalue weighted by Crippen LogP contribution is 2.34. The summed E-state index contributed by atoms with van der Waals surface area (Å²) < 4.78 is 48.3. The van der Waals surface area contributed by atoms with E-state index in [9.17, 15) is 33.4 Å². The van der Waals surface area contributed by atoms with Crippen LogP contribution in [0.2, 0.25) is 0 Å². The third-order valence-electron chi connectivity index (χ3n) is 5.56. The molecule has 1 aromatic rings. The van der Waals surface area contributed by atoms with Crippen LogP contribution in [0.25, 0.3) is 0 Å². The zero-order valence-electron chi connectivity index (χ0n) is 18.8.